The predicted octanol–water partition coefficient (Wildman–Crippen LogP) is 4.31. The van der Waals surface area contributed by atoms with Crippen LogP contribution in [0.15, 0.2) is 53.5 Å². The molecule has 1 aliphatic rings. The molecule has 3 heterocycles. The highest BCUT2D eigenvalue weighted by Gasteiger charge is 2.24. The molecule has 1 aromatic carbocycles. The zero-order valence-corrected chi connectivity index (χ0v) is 17.8. The Morgan fingerprint density at radius 1 is 1.07 bits per heavy atom. The Kier molecular flexibility index (Phi) is 5.43. The fourth-order valence-corrected chi connectivity index (χ4v) is 4.40. The number of aromatic nitrogens is 2. The molecule has 1 fully saturated rings. The highest BCUT2D eigenvalue weighted by atomic mass is 32.1. The number of benzene rings is 1. The molecule has 1 N–H and O–H groups in total. The lowest BCUT2D eigenvalue weighted by Crippen LogP contribution is -2.36. The van der Waals surface area contributed by atoms with Crippen LogP contribution in [0.25, 0.3) is 10.4 Å². The molecule has 1 aliphatic heterocycles. The zero-order valence-electron chi connectivity index (χ0n) is 17.0. The van der Waals surface area contributed by atoms with Crippen molar-refractivity contribution in [1.82, 2.24) is 8.94 Å². The third kappa shape index (κ3) is 4.21. The molecule has 0 aliphatic carbocycles. The zero-order chi connectivity index (χ0) is 20.4. The summed E-state index contributed by atoms with van der Waals surface area (Å²) in [5.74, 6) is 0.930. The smallest absolute Gasteiger partial charge is 0.285 e. The van der Waals surface area contributed by atoms with Gasteiger partial charge in [-0.15, -0.1) is 0 Å². The summed E-state index contributed by atoms with van der Waals surface area (Å²) in [7, 11) is 0. The monoisotopic (exact) mass is 410 g/mol. The Balaban J connectivity index is 1.67. The van der Waals surface area contributed by atoms with E-state index in [4.69, 9.17) is 4.74 Å². The number of ether oxygens (including phenoxy) is 1. The number of hydrogen-bond acceptors (Lipinski definition) is 6. The summed E-state index contributed by atoms with van der Waals surface area (Å²) in [5.41, 5.74) is 2.12. The first-order valence-electron chi connectivity index (χ1n) is 9.81. The summed E-state index contributed by atoms with van der Waals surface area (Å²) in [6.45, 7) is 9.27. The first kappa shape index (κ1) is 19.7. The second-order valence-corrected chi connectivity index (χ2v) is 9.02. The Bertz CT molecular complexity index is 1010. The maximum atomic E-state index is 13.2. The van der Waals surface area contributed by atoms with E-state index in [0.717, 1.165) is 48.2 Å². The maximum Gasteiger partial charge on any atom is 0.285 e. The van der Waals surface area contributed by atoms with Gasteiger partial charge in [0.25, 0.3) is 5.56 Å². The standard InChI is InChI=1S/C22H26N4O2S/c1-22(2,3)26-21(27)19(20(29-26)16-7-5-4-6-8-16)24-17-9-10-18(23-15-17)25-11-13-28-14-12-25/h4-10,15,24H,11-14H2,1-3H3. The summed E-state index contributed by atoms with van der Waals surface area (Å²) in [4.78, 5) is 20.9. The van der Waals surface area contributed by atoms with E-state index < -0.39 is 0 Å². The molecular formula is C22H26N4O2S. The van der Waals surface area contributed by atoms with Gasteiger partial charge in [0, 0.05) is 13.1 Å². The number of nitrogens with zero attached hydrogens (tertiary/aromatic N) is 3. The molecule has 6 nitrogen and oxygen atoms in total. The molecule has 152 valence electrons. The molecule has 0 spiro atoms. The van der Waals surface area contributed by atoms with Crippen LogP contribution in [0.2, 0.25) is 0 Å². The van der Waals surface area contributed by atoms with Crippen molar-refractivity contribution < 1.29 is 4.74 Å². The Morgan fingerprint density at radius 3 is 2.41 bits per heavy atom. The van der Waals surface area contributed by atoms with Crippen LogP contribution >= 0.6 is 11.5 Å². The third-order valence-electron chi connectivity index (χ3n) is 4.81. The molecular weight excluding hydrogens is 384 g/mol. The van der Waals surface area contributed by atoms with Crippen molar-refractivity contribution >= 4 is 28.7 Å². The number of anilines is 3. The number of pyridine rings is 1. The lowest BCUT2D eigenvalue weighted by Gasteiger charge is -2.27. The average Bonchev–Trinajstić information content (AvgIpc) is 3.06. The summed E-state index contributed by atoms with van der Waals surface area (Å²) in [6.07, 6.45) is 1.79. The van der Waals surface area contributed by atoms with Gasteiger partial charge >= 0.3 is 0 Å². The molecule has 0 saturated carbocycles. The highest BCUT2D eigenvalue weighted by molar-refractivity contribution is 7.11. The summed E-state index contributed by atoms with van der Waals surface area (Å²) < 4.78 is 7.23. The first-order chi connectivity index (χ1) is 13.9. The quantitative estimate of drug-likeness (QED) is 0.695. The van der Waals surface area contributed by atoms with Crippen molar-refractivity contribution in [3.63, 3.8) is 0 Å². The molecule has 29 heavy (non-hydrogen) atoms. The summed E-state index contributed by atoms with van der Waals surface area (Å²) >= 11 is 1.49. The van der Waals surface area contributed by atoms with Crippen molar-refractivity contribution in [3.05, 3.63) is 59.0 Å². The Hall–Kier alpha value is -2.64. The van der Waals surface area contributed by atoms with Crippen LogP contribution in [0.5, 0.6) is 0 Å². The van der Waals surface area contributed by atoms with Crippen molar-refractivity contribution in [2.24, 2.45) is 0 Å². The highest BCUT2D eigenvalue weighted by Crippen LogP contribution is 2.34. The van der Waals surface area contributed by atoms with Crippen molar-refractivity contribution in [2.45, 2.75) is 26.3 Å². The summed E-state index contributed by atoms with van der Waals surface area (Å²) in [5, 5.41) is 3.33. The minimum Gasteiger partial charge on any atom is -0.378 e. The van der Waals surface area contributed by atoms with Gasteiger partial charge in [0.15, 0.2) is 0 Å². The van der Waals surface area contributed by atoms with Crippen molar-refractivity contribution in [2.75, 3.05) is 36.5 Å². The van der Waals surface area contributed by atoms with Gasteiger partial charge in [0.05, 0.1) is 35.5 Å². The third-order valence-corrected chi connectivity index (χ3v) is 6.32. The second kappa shape index (κ2) is 8.00. The van der Waals surface area contributed by atoms with Gasteiger partial charge in [0.2, 0.25) is 0 Å². The van der Waals surface area contributed by atoms with Gasteiger partial charge in [0.1, 0.15) is 11.5 Å². The number of hydrogen-bond donors (Lipinski definition) is 1. The molecule has 0 radical (unpaired) electrons. The van der Waals surface area contributed by atoms with Crippen LogP contribution in [-0.4, -0.2) is 35.2 Å². The molecule has 1 saturated heterocycles. The largest absolute Gasteiger partial charge is 0.378 e. The molecule has 2 aromatic heterocycles. The van der Waals surface area contributed by atoms with Gasteiger partial charge in [-0.3, -0.25) is 8.75 Å². The SMILES string of the molecule is CC(C)(C)n1sc(-c2ccccc2)c(Nc2ccc(N3CCOCC3)nc2)c1=O. The average molecular weight is 411 g/mol. The van der Waals surface area contributed by atoms with E-state index in [9.17, 15) is 4.79 Å². The first-order valence-corrected chi connectivity index (χ1v) is 10.6. The number of morpholine rings is 1. The van der Waals surface area contributed by atoms with Crippen LogP contribution < -0.4 is 15.8 Å². The van der Waals surface area contributed by atoms with E-state index in [1.807, 2.05) is 67.2 Å². The van der Waals surface area contributed by atoms with E-state index in [1.54, 1.807) is 6.20 Å². The van der Waals surface area contributed by atoms with Gasteiger partial charge in [-0.25, -0.2) is 4.98 Å². The number of rotatable bonds is 4. The van der Waals surface area contributed by atoms with Gasteiger partial charge in [-0.05, 0) is 38.5 Å². The fourth-order valence-electron chi connectivity index (χ4n) is 3.30. The molecule has 7 heteroatoms. The lowest BCUT2D eigenvalue weighted by atomic mass is 10.1. The van der Waals surface area contributed by atoms with Crippen LogP contribution in [0, 0.1) is 0 Å². The molecule has 3 aromatic rings. The minimum absolute atomic E-state index is 0.0152. The molecule has 0 amide bonds. The predicted molar refractivity (Wildman–Crippen MR) is 120 cm³/mol. The second-order valence-electron chi connectivity index (χ2n) is 8.06. The van der Waals surface area contributed by atoms with Crippen LogP contribution in [0.1, 0.15) is 20.8 Å². The van der Waals surface area contributed by atoms with E-state index >= 15 is 0 Å². The summed E-state index contributed by atoms with van der Waals surface area (Å²) in [6, 6.07) is 14.0. The van der Waals surface area contributed by atoms with Crippen LogP contribution in [-0.2, 0) is 10.3 Å². The van der Waals surface area contributed by atoms with E-state index in [0.29, 0.717) is 5.69 Å². The van der Waals surface area contributed by atoms with Gasteiger partial charge < -0.3 is 15.0 Å². The Labute approximate surface area is 174 Å². The molecule has 0 unspecified atom stereocenters. The molecule has 4 rings (SSSR count). The number of nitrogens with one attached hydrogen (secondary N) is 1. The van der Waals surface area contributed by atoms with Gasteiger partial charge in [-0.1, -0.05) is 41.9 Å². The van der Waals surface area contributed by atoms with Gasteiger partial charge in [-0.2, -0.15) is 0 Å². The maximum absolute atomic E-state index is 13.2. The molecule has 0 bridgehead atoms. The normalized spacial score (nSPS) is 14.8. The minimum atomic E-state index is -0.288. The van der Waals surface area contributed by atoms with Crippen LogP contribution in [0.3, 0.4) is 0 Å². The van der Waals surface area contributed by atoms with Crippen molar-refractivity contribution in [3.8, 4) is 10.4 Å². The van der Waals surface area contributed by atoms with Crippen LogP contribution in [0.4, 0.5) is 17.2 Å². The fraction of sp³-hybridized carbons (Fsp3) is 0.364. The van der Waals surface area contributed by atoms with E-state index in [1.165, 1.54) is 11.5 Å². The van der Waals surface area contributed by atoms with Crippen molar-refractivity contribution in [1.29, 1.82) is 0 Å². The molecule has 0 atom stereocenters. The van der Waals surface area contributed by atoms with E-state index in [-0.39, 0.29) is 11.1 Å². The van der Waals surface area contributed by atoms with E-state index in [2.05, 4.69) is 15.2 Å². The topological polar surface area (TPSA) is 59.4 Å². The lowest BCUT2D eigenvalue weighted by molar-refractivity contribution is 0.122. The Morgan fingerprint density at radius 2 is 1.79 bits per heavy atom.